The molecular formula is C24H25ClN4O2S. The smallest absolute Gasteiger partial charge is 0.339 e. The molecule has 0 saturated heterocycles. The van der Waals surface area contributed by atoms with Crippen molar-refractivity contribution in [1.29, 1.82) is 0 Å². The highest BCUT2D eigenvalue weighted by molar-refractivity contribution is 7.21. The summed E-state index contributed by atoms with van der Waals surface area (Å²) >= 11 is 7.78. The van der Waals surface area contributed by atoms with Crippen LogP contribution in [0.4, 0.5) is 0 Å². The summed E-state index contributed by atoms with van der Waals surface area (Å²) in [7, 11) is 5.60. The number of fused-ring (bicyclic) bond motifs is 1. The molecule has 0 spiro atoms. The molecule has 0 aliphatic carbocycles. The molecule has 0 radical (unpaired) electrons. The Hall–Kier alpha value is -2.74. The van der Waals surface area contributed by atoms with Crippen LogP contribution in [0.3, 0.4) is 0 Å². The second kappa shape index (κ2) is 9.81. The topological polar surface area (TPSA) is 60.2 Å². The number of likely N-dealkylation sites (N-methyl/N-ethyl adjacent to an activating group) is 1. The van der Waals surface area contributed by atoms with Gasteiger partial charge in [-0.2, -0.15) is 0 Å². The van der Waals surface area contributed by atoms with Crippen molar-refractivity contribution in [3.05, 3.63) is 71.3 Å². The van der Waals surface area contributed by atoms with Gasteiger partial charge in [0.1, 0.15) is 5.01 Å². The van der Waals surface area contributed by atoms with Crippen molar-refractivity contribution in [2.24, 2.45) is 0 Å². The fraction of sp³-hybridized carbons (Fsp3) is 0.292. The van der Waals surface area contributed by atoms with E-state index < -0.39 is 5.97 Å². The van der Waals surface area contributed by atoms with Crippen molar-refractivity contribution >= 4 is 39.1 Å². The van der Waals surface area contributed by atoms with Crippen LogP contribution in [-0.4, -0.2) is 52.7 Å². The maximum Gasteiger partial charge on any atom is 0.339 e. The first kappa shape index (κ1) is 22.5. The molecule has 2 aromatic heterocycles. The largest absolute Gasteiger partial charge is 0.465 e. The molecule has 0 saturated carbocycles. The number of thiazole rings is 1. The van der Waals surface area contributed by atoms with E-state index in [0.29, 0.717) is 16.6 Å². The van der Waals surface area contributed by atoms with Crippen LogP contribution in [0.2, 0.25) is 5.02 Å². The molecule has 0 amide bonds. The molecule has 4 aromatic rings. The first-order valence-electron chi connectivity index (χ1n) is 10.3. The van der Waals surface area contributed by atoms with Gasteiger partial charge in [-0.3, -0.25) is 0 Å². The molecule has 0 N–H and O–H groups in total. The normalized spacial score (nSPS) is 12.4. The third-order valence-electron chi connectivity index (χ3n) is 5.55. The van der Waals surface area contributed by atoms with E-state index in [-0.39, 0.29) is 0 Å². The van der Waals surface area contributed by atoms with Crippen LogP contribution in [0, 0.1) is 0 Å². The third-order valence-corrected chi connectivity index (χ3v) is 6.95. The Morgan fingerprint density at radius 2 is 2.09 bits per heavy atom. The summed E-state index contributed by atoms with van der Waals surface area (Å²) in [5.41, 5.74) is 3.42. The van der Waals surface area contributed by atoms with Crippen LogP contribution in [-0.2, 0) is 17.7 Å². The number of ether oxygens (including phenoxy) is 1. The van der Waals surface area contributed by atoms with Crippen LogP contribution in [0.15, 0.2) is 55.1 Å². The molecule has 8 heteroatoms. The Kier molecular flexibility index (Phi) is 6.89. The number of halogens is 1. The van der Waals surface area contributed by atoms with E-state index in [2.05, 4.69) is 46.7 Å². The van der Waals surface area contributed by atoms with Crippen molar-refractivity contribution in [1.82, 2.24) is 19.4 Å². The second-order valence-electron chi connectivity index (χ2n) is 7.92. The zero-order chi connectivity index (χ0) is 22.7. The number of methoxy groups -OCH3 is 1. The number of imidazole rings is 1. The molecule has 0 aliphatic heterocycles. The fourth-order valence-corrected chi connectivity index (χ4v) is 4.90. The lowest BCUT2D eigenvalue weighted by atomic mass is 10.0. The Labute approximate surface area is 196 Å². The van der Waals surface area contributed by atoms with Gasteiger partial charge in [-0.25, -0.2) is 14.8 Å². The van der Waals surface area contributed by atoms with Gasteiger partial charge in [0, 0.05) is 30.5 Å². The summed E-state index contributed by atoms with van der Waals surface area (Å²) < 4.78 is 8.07. The number of nitrogens with zero attached hydrogens (tertiary/aromatic N) is 4. The molecule has 2 aromatic carbocycles. The summed E-state index contributed by atoms with van der Waals surface area (Å²) in [6, 6.07) is 12.2. The first-order valence-corrected chi connectivity index (χ1v) is 11.5. The maximum atomic E-state index is 12.0. The van der Waals surface area contributed by atoms with Crippen LogP contribution in [0.25, 0.3) is 20.8 Å². The fourth-order valence-electron chi connectivity index (χ4n) is 3.68. The van der Waals surface area contributed by atoms with E-state index in [1.54, 1.807) is 23.5 Å². The first-order chi connectivity index (χ1) is 15.4. The van der Waals surface area contributed by atoms with Gasteiger partial charge in [-0.05, 0) is 56.8 Å². The van der Waals surface area contributed by atoms with Crippen LogP contribution in [0.1, 0.15) is 22.3 Å². The van der Waals surface area contributed by atoms with Gasteiger partial charge in [0.25, 0.3) is 0 Å². The van der Waals surface area contributed by atoms with Gasteiger partial charge in [0.2, 0.25) is 0 Å². The molecule has 166 valence electrons. The van der Waals surface area contributed by atoms with Crippen molar-refractivity contribution in [3.63, 3.8) is 0 Å². The summed E-state index contributed by atoms with van der Waals surface area (Å²) in [6.45, 7) is 0.939. The summed E-state index contributed by atoms with van der Waals surface area (Å²) in [5, 5.41) is 1.22. The lowest BCUT2D eigenvalue weighted by molar-refractivity contribution is 0.0601. The van der Waals surface area contributed by atoms with Crippen molar-refractivity contribution in [2.75, 3.05) is 21.2 Å². The zero-order valence-corrected chi connectivity index (χ0v) is 19.9. The zero-order valence-electron chi connectivity index (χ0n) is 18.3. The van der Waals surface area contributed by atoms with Gasteiger partial charge in [0.15, 0.2) is 0 Å². The number of benzene rings is 2. The molecule has 0 fully saturated rings. The van der Waals surface area contributed by atoms with E-state index in [0.717, 1.165) is 40.2 Å². The minimum absolute atomic E-state index is 0.346. The van der Waals surface area contributed by atoms with Gasteiger partial charge < -0.3 is 14.2 Å². The number of rotatable bonds is 8. The highest BCUT2D eigenvalue weighted by Gasteiger charge is 2.16. The lowest BCUT2D eigenvalue weighted by Crippen LogP contribution is -2.31. The van der Waals surface area contributed by atoms with E-state index in [1.165, 1.54) is 12.7 Å². The predicted molar refractivity (Wildman–Crippen MR) is 129 cm³/mol. The Morgan fingerprint density at radius 1 is 1.25 bits per heavy atom. The number of carbonyl (C=O) groups is 1. The van der Waals surface area contributed by atoms with Crippen molar-refractivity contribution in [2.45, 2.75) is 25.4 Å². The summed E-state index contributed by atoms with van der Waals surface area (Å²) in [6.07, 6.45) is 7.67. The minimum Gasteiger partial charge on any atom is -0.465 e. The van der Waals surface area contributed by atoms with Crippen LogP contribution >= 0.6 is 22.9 Å². The number of aryl methyl sites for hydroxylation is 1. The molecule has 32 heavy (non-hydrogen) atoms. The number of hydrogen-bond donors (Lipinski definition) is 0. The molecule has 1 unspecified atom stereocenters. The molecule has 4 rings (SSSR count). The molecule has 2 heterocycles. The SMILES string of the molecule is COC(=O)c1cc(-c2nc3ccc(CC(CCn4ccnc4)N(C)C)cc3s2)ccc1Cl. The number of hydrogen-bond acceptors (Lipinski definition) is 6. The molecule has 0 bridgehead atoms. The van der Waals surface area contributed by atoms with E-state index in [1.807, 2.05) is 24.8 Å². The monoisotopic (exact) mass is 468 g/mol. The van der Waals surface area contributed by atoms with Gasteiger partial charge in [0.05, 0.1) is 34.2 Å². The van der Waals surface area contributed by atoms with E-state index in [9.17, 15) is 4.79 Å². The van der Waals surface area contributed by atoms with Gasteiger partial charge in [-0.1, -0.05) is 23.7 Å². The number of carbonyl (C=O) groups excluding carboxylic acids is 1. The predicted octanol–water partition coefficient (Wildman–Crippen LogP) is 5.16. The van der Waals surface area contributed by atoms with Crippen molar-refractivity contribution in [3.8, 4) is 10.6 Å². The van der Waals surface area contributed by atoms with Gasteiger partial charge in [-0.15, -0.1) is 11.3 Å². The van der Waals surface area contributed by atoms with Crippen molar-refractivity contribution < 1.29 is 9.53 Å². The number of esters is 1. The van der Waals surface area contributed by atoms with E-state index >= 15 is 0 Å². The Balaban J connectivity index is 1.55. The summed E-state index contributed by atoms with van der Waals surface area (Å²) in [5.74, 6) is -0.453. The minimum atomic E-state index is -0.453. The molecule has 1 atom stereocenters. The number of aromatic nitrogens is 3. The lowest BCUT2D eigenvalue weighted by Gasteiger charge is -2.24. The second-order valence-corrected chi connectivity index (χ2v) is 9.36. The highest BCUT2D eigenvalue weighted by atomic mass is 35.5. The standard InChI is InChI=1S/C24H25ClN4O2S/c1-28(2)18(8-10-29-11-9-26-15-29)12-16-4-7-21-22(13-16)32-23(27-21)17-5-6-20(25)19(14-17)24(30)31-3/h4-7,9,11,13-15,18H,8,10,12H2,1-3H3. The van der Waals surface area contributed by atoms with E-state index in [4.69, 9.17) is 21.3 Å². The average molecular weight is 469 g/mol. The average Bonchev–Trinajstić information content (AvgIpc) is 3.45. The molecular weight excluding hydrogens is 444 g/mol. The summed E-state index contributed by atoms with van der Waals surface area (Å²) in [4.78, 5) is 23.2. The van der Waals surface area contributed by atoms with Gasteiger partial charge >= 0.3 is 5.97 Å². The molecule has 6 nitrogen and oxygen atoms in total. The highest BCUT2D eigenvalue weighted by Crippen LogP contribution is 2.33. The Bertz CT molecular complexity index is 1220. The quantitative estimate of drug-likeness (QED) is 0.334. The van der Waals surface area contributed by atoms with Crippen LogP contribution < -0.4 is 0 Å². The third kappa shape index (κ3) is 5.01. The maximum absolute atomic E-state index is 12.0. The van der Waals surface area contributed by atoms with Crippen LogP contribution in [0.5, 0.6) is 0 Å². The Morgan fingerprint density at radius 3 is 2.81 bits per heavy atom. The molecule has 0 aliphatic rings.